The number of amides is 1. The normalized spacial score (nSPS) is 14.6. The number of rotatable bonds is 4. The van der Waals surface area contributed by atoms with E-state index >= 15 is 0 Å². The molecular weight excluding hydrogens is 342 g/mol. The van der Waals surface area contributed by atoms with Gasteiger partial charge in [-0.2, -0.15) is 5.26 Å². The van der Waals surface area contributed by atoms with Crippen LogP contribution in [0.5, 0.6) is 0 Å². The first-order valence-electron chi connectivity index (χ1n) is 8.72. The Morgan fingerprint density at radius 1 is 1.26 bits per heavy atom. The van der Waals surface area contributed by atoms with E-state index in [0.29, 0.717) is 30.4 Å². The minimum Gasteiger partial charge on any atom is -0.378 e. The van der Waals surface area contributed by atoms with E-state index in [1.807, 2.05) is 43.0 Å². The van der Waals surface area contributed by atoms with E-state index < -0.39 is 5.91 Å². The van der Waals surface area contributed by atoms with E-state index in [4.69, 9.17) is 4.74 Å². The molecule has 27 heavy (non-hydrogen) atoms. The molecule has 1 N–H and O–H groups in total. The third kappa shape index (κ3) is 4.68. The van der Waals surface area contributed by atoms with E-state index in [1.54, 1.807) is 12.4 Å². The monoisotopic (exact) mass is 363 g/mol. The van der Waals surface area contributed by atoms with Crippen LogP contribution in [-0.4, -0.2) is 42.2 Å². The van der Waals surface area contributed by atoms with E-state index in [0.717, 1.165) is 24.2 Å². The number of nitrogens with one attached hydrogen (secondary N) is 1. The molecule has 1 aromatic heterocycles. The molecule has 0 saturated carbocycles. The van der Waals surface area contributed by atoms with E-state index in [1.165, 1.54) is 6.08 Å². The van der Waals surface area contributed by atoms with Crippen molar-refractivity contribution in [1.82, 2.24) is 9.97 Å². The van der Waals surface area contributed by atoms with Gasteiger partial charge in [-0.05, 0) is 37.1 Å². The first-order chi connectivity index (χ1) is 13.1. The number of ether oxygens (including phenoxy) is 1. The van der Waals surface area contributed by atoms with Crippen LogP contribution in [0.2, 0.25) is 0 Å². The molecule has 1 aromatic carbocycles. The van der Waals surface area contributed by atoms with Gasteiger partial charge >= 0.3 is 0 Å². The van der Waals surface area contributed by atoms with Crippen LogP contribution in [0.1, 0.15) is 16.7 Å². The Morgan fingerprint density at radius 3 is 2.63 bits per heavy atom. The topological polar surface area (TPSA) is 91.1 Å². The number of aromatic nitrogens is 2. The number of hydrogen-bond donors (Lipinski definition) is 1. The molecule has 1 aliphatic heterocycles. The predicted octanol–water partition coefficient (Wildman–Crippen LogP) is 2.48. The zero-order chi connectivity index (χ0) is 19.2. The van der Waals surface area contributed by atoms with E-state index in [-0.39, 0.29) is 5.57 Å². The van der Waals surface area contributed by atoms with Crippen molar-refractivity contribution in [3.8, 4) is 6.07 Å². The van der Waals surface area contributed by atoms with Gasteiger partial charge in [-0.25, -0.2) is 9.97 Å². The van der Waals surface area contributed by atoms with Gasteiger partial charge in [0.05, 0.1) is 13.2 Å². The van der Waals surface area contributed by atoms with Crippen LogP contribution in [0, 0.1) is 25.2 Å². The fourth-order valence-electron chi connectivity index (χ4n) is 2.71. The molecule has 2 heterocycles. The van der Waals surface area contributed by atoms with Gasteiger partial charge in [-0.15, -0.1) is 0 Å². The number of aryl methyl sites for hydroxylation is 2. The molecule has 0 unspecified atom stereocenters. The van der Waals surface area contributed by atoms with Crippen LogP contribution in [0.25, 0.3) is 6.08 Å². The molecule has 0 radical (unpaired) electrons. The molecular formula is C20H21N5O2. The highest BCUT2D eigenvalue weighted by molar-refractivity contribution is 6.09. The molecule has 138 valence electrons. The quantitative estimate of drug-likeness (QED) is 0.663. The Morgan fingerprint density at radius 2 is 1.96 bits per heavy atom. The molecule has 0 spiro atoms. The standard InChI is InChI=1S/C20H21N5O2/c1-14-3-4-15(2)18(9-14)24-19(26)17(11-21)10-16-12-22-20(23-13-16)25-5-7-27-8-6-25/h3-4,9-10,12-13H,5-8H2,1-2H3,(H,24,26)/b17-10-. The number of carbonyl (C=O) groups excluding carboxylic acids is 1. The number of benzene rings is 1. The minimum absolute atomic E-state index is 0.00127. The molecule has 0 atom stereocenters. The third-order valence-corrected chi connectivity index (χ3v) is 4.27. The molecule has 0 aliphatic carbocycles. The Kier molecular flexibility index (Phi) is 5.79. The Hall–Kier alpha value is -3.24. The number of anilines is 2. The van der Waals surface area contributed by atoms with Crippen molar-refractivity contribution in [2.45, 2.75) is 13.8 Å². The Balaban J connectivity index is 1.74. The van der Waals surface area contributed by atoms with E-state index in [2.05, 4.69) is 15.3 Å². The van der Waals surface area contributed by atoms with Crippen LogP contribution < -0.4 is 10.2 Å². The molecule has 1 fully saturated rings. The van der Waals surface area contributed by atoms with Crippen molar-refractivity contribution in [3.05, 3.63) is 52.9 Å². The van der Waals surface area contributed by atoms with Crippen molar-refractivity contribution in [1.29, 1.82) is 5.26 Å². The number of carbonyl (C=O) groups is 1. The van der Waals surface area contributed by atoms with Crippen LogP contribution in [0.3, 0.4) is 0 Å². The summed E-state index contributed by atoms with van der Waals surface area (Å²) < 4.78 is 5.32. The lowest BCUT2D eigenvalue weighted by atomic mass is 10.1. The maximum Gasteiger partial charge on any atom is 0.266 e. The van der Waals surface area contributed by atoms with Crippen molar-refractivity contribution < 1.29 is 9.53 Å². The Labute approximate surface area is 158 Å². The third-order valence-electron chi connectivity index (χ3n) is 4.27. The van der Waals surface area contributed by atoms with Gasteiger partial charge in [0.2, 0.25) is 5.95 Å². The number of hydrogen-bond acceptors (Lipinski definition) is 6. The molecule has 7 heteroatoms. The first kappa shape index (κ1) is 18.5. The first-order valence-corrected chi connectivity index (χ1v) is 8.72. The molecule has 0 bridgehead atoms. The highest BCUT2D eigenvalue weighted by Crippen LogP contribution is 2.18. The predicted molar refractivity (Wildman–Crippen MR) is 103 cm³/mol. The highest BCUT2D eigenvalue weighted by atomic mass is 16.5. The maximum absolute atomic E-state index is 12.5. The average molecular weight is 363 g/mol. The van der Waals surface area contributed by atoms with Crippen LogP contribution in [-0.2, 0) is 9.53 Å². The van der Waals surface area contributed by atoms with Crippen LogP contribution >= 0.6 is 0 Å². The van der Waals surface area contributed by atoms with Gasteiger partial charge in [0.15, 0.2) is 0 Å². The zero-order valence-corrected chi connectivity index (χ0v) is 15.4. The summed E-state index contributed by atoms with van der Waals surface area (Å²) in [5, 5.41) is 12.2. The van der Waals surface area contributed by atoms with Gasteiger partial charge in [0.25, 0.3) is 5.91 Å². The summed E-state index contributed by atoms with van der Waals surface area (Å²) in [7, 11) is 0. The lowest BCUT2D eigenvalue weighted by Gasteiger charge is -2.26. The van der Waals surface area contributed by atoms with Crippen molar-refractivity contribution in [3.63, 3.8) is 0 Å². The van der Waals surface area contributed by atoms with Gasteiger partial charge in [0, 0.05) is 36.7 Å². The fraction of sp³-hybridized carbons (Fsp3) is 0.300. The second-order valence-corrected chi connectivity index (χ2v) is 6.36. The summed E-state index contributed by atoms with van der Waals surface area (Å²) in [5.41, 5.74) is 3.26. The van der Waals surface area contributed by atoms with Gasteiger partial charge < -0.3 is 15.0 Å². The highest BCUT2D eigenvalue weighted by Gasteiger charge is 2.14. The number of nitrogens with zero attached hydrogens (tertiary/aromatic N) is 4. The minimum atomic E-state index is -0.455. The summed E-state index contributed by atoms with van der Waals surface area (Å²) in [5.74, 6) is 0.164. The summed E-state index contributed by atoms with van der Waals surface area (Å²) in [4.78, 5) is 23.2. The molecule has 1 amide bonds. The molecule has 7 nitrogen and oxygen atoms in total. The van der Waals surface area contributed by atoms with Crippen molar-refractivity contribution in [2.75, 3.05) is 36.5 Å². The van der Waals surface area contributed by atoms with Gasteiger partial charge in [0.1, 0.15) is 11.6 Å². The Bertz CT molecular complexity index is 894. The van der Waals surface area contributed by atoms with Crippen LogP contribution in [0.4, 0.5) is 11.6 Å². The lowest BCUT2D eigenvalue weighted by molar-refractivity contribution is -0.112. The zero-order valence-electron chi connectivity index (χ0n) is 15.4. The molecule has 3 rings (SSSR count). The number of nitriles is 1. The maximum atomic E-state index is 12.5. The largest absolute Gasteiger partial charge is 0.378 e. The van der Waals surface area contributed by atoms with Crippen molar-refractivity contribution >= 4 is 23.6 Å². The van der Waals surface area contributed by atoms with Crippen molar-refractivity contribution in [2.24, 2.45) is 0 Å². The van der Waals surface area contributed by atoms with Crippen LogP contribution in [0.15, 0.2) is 36.2 Å². The summed E-state index contributed by atoms with van der Waals surface area (Å²) in [6, 6.07) is 7.73. The SMILES string of the molecule is Cc1ccc(C)c(NC(=O)/C(C#N)=C\c2cnc(N3CCOCC3)nc2)c1. The van der Waals surface area contributed by atoms with E-state index in [9.17, 15) is 10.1 Å². The summed E-state index contributed by atoms with van der Waals surface area (Å²) >= 11 is 0. The molecule has 1 aliphatic rings. The summed E-state index contributed by atoms with van der Waals surface area (Å²) in [6.45, 7) is 6.66. The van der Waals surface area contributed by atoms with Gasteiger partial charge in [-0.3, -0.25) is 4.79 Å². The number of morpholine rings is 1. The average Bonchev–Trinajstić information content (AvgIpc) is 2.70. The molecule has 1 saturated heterocycles. The smallest absolute Gasteiger partial charge is 0.266 e. The van der Waals surface area contributed by atoms with Gasteiger partial charge in [-0.1, -0.05) is 12.1 Å². The second kappa shape index (κ2) is 8.43. The molecule has 2 aromatic rings. The second-order valence-electron chi connectivity index (χ2n) is 6.36. The lowest BCUT2D eigenvalue weighted by Crippen LogP contribution is -2.37. The summed E-state index contributed by atoms with van der Waals surface area (Å²) in [6.07, 6.45) is 4.71. The fourth-order valence-corrected chi connectivity index (χ4v) is 2.71.